The summed E-state index contributed by atoms with van der Waals surface area (Å²) in [6.07, 6.45) is 6.60. The van der Waals surface area contributed by atoms with Gasteiger partial charge in [0.15, 0.2) is 0 Å². The molecular formula is C16H25N3. The van der Waals surface area contributed by atoms with Crippen molar-refractivity contribution in [2.75, 3.05) is 31.6 Å². The molecule has 2 aliphatic rings. The van der Waals surface area contributed by atoms with Crippen LogP contribution in [0.1, 0.15) is 49.4 Å². The molecule has 19 heavy (non-hydrogen) atoms. The zero-order valence-corrected chi connectivity index (χ0v) is 12.2. The Hall–Kier alpha value is -1.09. The smallest absolute Gasteiger partial charge is 0.128 e. The largest absolute Gasteiger partial charge is 0.357 e. The third kappa shape index (κ3) is 2.62. The maximum Gasteiger partial charge on any atom is 0.128 e. The van der Waals surface area contributed by atoms with Gasteiger partial charge in [-0.15, -0.1) is 0 Å². The lowest BCUT2D eigenvalue weighted by molar-refractivity contribution is 0.316. The topological polar surface area (TPSA) is 19.4 Å². The molecule has 1 atom stereocenters. The van der Waals surface area contributed by atoms with E-state index >= 15 is 0 Å². The molecule has 2 saturated heterocycles. The lowest BCUT2D eigenvalue weighted by atomic mass is 10.0. The molecule has 1 aromatic heterocycles. The van der Waals surface area contributed by atoms with Crippen molar-refractivity contribution in [2.45, 2.75) is 45.1 Å². The van der Waals surface area contributed by atoms with Gasteiger partial charge in [0.05, 0.1) is 0 Å². The fourth-order valence-corrected chi connectivity index (χ4v) is 3.51. The second-order valence-electron chi connectivity index (χ2n) is 6.03. The van der Waals surface area contributed by atoms with Crippen LogP contribution in [0.15, 0.2) is 12.1 Å². The number of anilines is 1. The van der Waals surface area contributed by atoms with Gasteiger partial charge < -0.3 is 4.90 Å². The summed E-state index contributed by atoms with van der Waals surface area (Å²) in [5, 5.41) is 0. The molecule has 0 unspecified atom stereocenters. The van der Waals surface area contributed by atoms with Gasteiger partial charge in [0.25, 0.3) is 0 Å². The van der Waals surface area contributed by atoms with Crippen LogP contribution in [0.25, 0.3) is 0 Å². The van der Waals surface area contributed by atoms with E-state index in [0.29, 0.717) is 6.04 Å². The Labute approximate surface area is 116 Å². The normalized spacial score (nSPS) is 24.9. The average Bonchev–Trinajstić information content (AvgIpc) is 2.86. The molecule has 3 rings (SSSR count). The summed E-state index contributed by atoms with van der Waals surface area (Å²) in [6, 6.07) is 5.14. The molecule has 1 aromatic rings. The van der Waals surface area contributed by atoms with Crippen LogP contribution in [0, 0.1) is 6.92 Å². The first kappa shape index (κ1) is 12.9. The third-order valence-electron chi connectivity index (χ3n) is 4.67. The molecule has 0 aromatic carbocycles. The van der Waals surface area contributed by atoms with E-state index in [1.165, 1.54) is 68.8 Å². The third-order valence-corrected chi connectivity index (χ3v) is 4.67. The van der Waals surface area contributed by atoms with Crippen molar-refractivity contribution in [1.82, 2.24) is 9.88 Å². The van der Waals surface area contributed by atoms with Gasteiger partial charge in [-0.05, 0) is 64.3 Å². The van der Waals surface area contributed by atoms with Crippen LogP contribution in [0.2, 0.25) is 0 Å². The summed E-state index contributed by atoms with van der Waals surface area (Å²) in [6.45, 7) is 5.75. The van der Waals surface area contributed by atoms with Crippen LogP contribution in [0.3, 0.4) is 0 Å². The Morgan fingerprint density at radius 2 is 1.84 bits per heavy atom. The molecule has 104 valence electrons. The van der Waals surface area contributed by atoms with Crippen LogP contribution < -0.4 is 4.90 Å². The van der Waals surface area contributed by atoms with Gasteiger partial charge in [-0.1, -0.05) is 6.07 Å². The highest BCUT2D eigenvalue weighted by atomic mass is 15.2. The molecule has 3 heteroatoms. The number of piperidine rings is 1. The first-order chi connectivity index (χ1) is 9.25. The number of likely N-dealkylation sites (tertiary alicyclic amines) is 1. The van der Waals surface area contributed by atoms with E-state index in [1.54, 1.807) is 0 Å². The molecule has 3 heterocycles. The fourth-order valence-electron chi connectivity index (χ4n) is 3.51. The van der Waals surface area contributed by atoms with E-state index in [0.717, 1.165) is 0 Å². The molecule has 2 fully saturated rings. The summed E-state index contributed by atoms with van der Waals surface area (Å²) < 4.78 is 0. The number of hydrogen-bond donors (Lipinski definition) is 0. The van der Waals surface area contributed by atoms with Crippen molar-refractivity contribution in [2.24, 2.45) is 0 Å². The van der Waals surface area contributed by atoms with Gasteiger partial charge >= 0.3 is 0 Å². The highest BCUT2D eigenvalue weighted by Crippen LogP contribution is 2.32. The van der Waals surface area contributed by atoms with E-state index in [1.807, 2.05) is 0 Å². The van der Waals surface area contributed by atoms with Crippen molar-refractivity contribution in [3.8, 4) is 0 Å². The maximum absolute atomic E-state index is 4.88. The molecule has 0 radical (unpaired) electrons. The highest BCUT2D eigenvalue weighted by Gasteiger charge is 2.24. The average molecular weight is 259 g/mol. The summed E-state index contributed by atoms with van der Waals surface area (Å²) in [7, 11) is 2.23. The predicted octanol–water partition coefficient (Wildman–Crippen LogP) is 3.15. The van der Waals surface area contributed by atoms with Crippen molar-refractivity contribution in [1.29, 1.82) is 0 Å². The van der Waals surface area contributed by atoms with E-state index in [4.69, 9.17) is 4.98 Å². The van der Waals surface area contributed by atoms with Gasteiger partial charge in [0.1, 0.15) is 5.82 Å². The van der Waals surface area contributed by atoms with Gasteiger partial charge in [-0.2, -0.15) is 0 Å². The highest BCUT2D eigenvalue weighted by molar-refractivity contribution is 5.43. The summed E-state index contributed by atoms with van der Waals surface area (Å²) in [5.74, 6) is 1.18. The van der Waals surface area contributed by atoms with E-state index in [-0.39, 0.29) is 0 Å². The summed E-state index contributed by atoms with van der Waals surface area (Å²) in [5.41, 5.74) is 2.66. The Kier molecular flexibility index (Phi) is 3.74. The molecule has 0 bridgehead atoms. The number of hydrogen-bond acceptors (Lipinski definition) is 3. The molecule has 2 aliphatic heterocycles. The minimum Gasteiger partial charge on any atom is -0.357 e. The minimum absolute atomic E-state index is 0.586. The maximum atomic E-state index is 4.88. The molecule has 0 aliphatic carbocycles. The predicted molar refractivity (Wildman–Crippen MR) is 79.6 cm³/mol. The number of nitrogens with zero attached hydrogens (tertiary/aromatic N) is 3. The fraction of sp³-hybridized carbons (Fsp3) is 0.688. The Morgan fingerprint density at radius 3 is 2.47 bits per heavy atom. The second-order valence-corrected chi connectivity index (χ2v) is 6.03. The van der Waals surface area contributed by atoms with Crippen LogP contribution in [-0.2, 0) is 0 Å². The van der Waals surface area contributed by atoms with Crippen molar-refractivity contribution in [3.63, 3.8) is 0 Å². The first-order valence-electron chi connectivity index (χ1n) is 7.68. The van der Waals surface area contributed by atoms with Gasteiger partial charge in [0.2, 0.25) is 0 Å². The lowest BCUT2D eigenvalue weighted by Crippen LogP contribution is -2.30. The number of aromatic nitrogens is 1. The number of pyridine rings is 1. The zero-order chi connectivity index (χ0) is 13.2. The Bertz CT molecular complexity index is 438. The van der Waals surface area contributed by atoms with Gasteiger partial charge in [0, 0.05) is 24.8 Å². The second kappa shape index (κ2) is 5.49. The van der Waals surface area contributed by atoms with Crippen LogP contribution in [-0.4, -0.2) is 36.6 Å². The van der Waals surface area contributed by atoms with E-state index in [2.05, 4.69) is 35.9 Å². The molecule has 3 nitrogen and oxygen atoms in total. The monoisotopic (exact) mass is 259 g/mol. The Balaban J connectivity index is 1.81. The molecule has 0 N–H and O–H groups in total. The van der Waals surface area contributed by atoms with Gasteiger partial charge in [-0.25, -0.2) is 4.98 Å². The van der Waals surface area contributed by atoms with Crippen molar-refractivity contribution in [3.05, 3.63) is 23.4 Å². The van der Waals surface area contributed by atoms with Crippen LogP contribution in [0.5, 0.6) is 0 Å². The molecule has 0 amide bonds. The lowest BCUT2D eigenvalue weighted by Gasteiger charge is -2.29. The van der Waals surface area contributed by atoms with Gasteiger partial charge in [-0.3, -0.25) is 4.90 Å². The van der Waals surface area contributed by atoms with Crippen LogP contribution >= 0.6 is 0 Å². The molecule has 0 spiro atoms. The molecular weight excluding hydrogens is 234 g/mol. The quantitative estimate of drug-likeness (QED) is 0.813. The summed E-state index contributed by atoms with van der Waals surface area (Å²) >= 11 is 0. The zero-order valence-electron chi connectivity index (χ0n) is 12.2. The minimum atomic E-state index is 0.586. The van der Waals surface area contributed by atoms with Crippen LogP contribution in [0.4, 0.5) is 5.82 Å². The number of aryl methyl sites for hydroxylation is 1. The van der Waals surface area contributed by atoms with Crippen molar-refractivity contribution >= 4 is 5.82 Å². The summed E-state index contributed by atoms with van der Waals surface area (Å²) in [4.78, 5) is 9.78. The Morgan fingerprint density at radius 1 is 1.05 bits per heavy atom. The number of rotatable bonds is 2. The van der Waals surface area contributed by atoms with E-state index in [9.17, 15) is 0 Å². The molecule has 0 saturated carbocycles. The standard InChI is InChI=1S/C16H25N3/c1-13-14(15-7-6-10-18(15)2)8-9-16(17-13)19-11-4-3-5-12-19/h8-9,15H,3-7,10-12H2,1-2H3/t15-/m0/s1. The van der Waals surface area contributed by atoms with E-state index < -0.39 is 0 Å². The first-order valence-corrected chi connectivity index (χ1v) is 7.68. The van der Waals surface area contributed by atoms with Crippen molar-refractivity contribution < 1.29 is 0 Å². The SMILES string of the molecule is Cc1nc(N2CCCCC2)ccc1[C@@H]1CCCN1C.